The number of anilines is 2. The van der Waals surface area contributed by atoms with Crippen molar-refractivity contribution in [1.82, 2.24) is 39.5 Å². The van der Waals surface area contributed by atoms with Gasteiger partial charge in [-0.2, -0.15) is 10.2 Å². The fourth-order valence-corrected chi connectivity index (χ4v) is 5.68. The Bertz CT molecular complexity index is 2480. The van der Waals surface area contributed by atoms with Crippen molar-refractivity contribution in [3.63, 3.8) is 0 Å². The Hall–Kier alpha value is -6.17. The molecule has 0 aliphatic rings. The lowest BCUT2D eigenvalue weighted by molar-refractivity contribution is -0.114. The Morgan fingerprint density at radius 2 is 1.10 bits per heavy atom. The first-order chi connectivity index (χ1) is 24.7. The van der Waals surface area contributed by atoms with Crippen molar-refractivity contribution in [2.24, 2.45) is 0 Å². The number of pyridine rings is 4. The van der Waals surface area contributed by atoms with Crippen LogP contribution in [0.3, 0.4) is 0 Å². The van der Waals surface area contributed by atoms with Gasteiger partial charge in [0.15, 0.2) is 0 Å². The van der Waals surface area contributed by atoms with Crippen LogP contribution in [0.5, 0.6) is 0 Å². The summed E-state index contributed by atoms with van der Waals surface area (Å²) in [5.74, 6) is -0.0840. The second kappa shape index (κ2) is 14.8. The van der Waals surface area contributed by atoms with E-state index in [0.717, 1.165) is 66.8 Å². The molecule has 0 saturated heterocycles. The van der Waals surface area contributed by atoms with E-state index in [1.54, 1.807) is 18.3 Å². The maximum atomic E-state index is 11.1. The summed E-state index contributed by atoms with van der Waals surface area (Å²) in [5, 5.41) is 12.5. The highest BCUT2D eigenvalue weighted by atomic mass is 35.5. The van der Waals surface area contributed by atoms with E-state index in [2.05, 4.69) is 35.5 Å². The molecule has 13 heteroatoms. The maximum absolute atomic E-state index is 11.1. The highest BCUT2D eigenvalue weighted by Crippen LogP contribution is 2.24. The minimum absolute atomic E-state index is 0.0840. The monoisotopic (exact) mass is 712 g/mol. The Kier molecular flexibility index (Phi) is 9.64. The van der Waals surface area contributed by atoms with Gasteiger partial charge >= 0.3 is 0 Å². The second-order valence-electron chi connectivity index (χ2n) is 11.8. The topological polar surface area (TPSA) is 142 Å². The van der Waals surface area contributed by atoms with Crippen molar-refractivity contribution in [3.05, 3.63) is 144 Å². The van der Waals surface area contributed by atoms with E-state index in [-0.39, 0.29) is 5.91 Å². The second-order valence-corrected chi connectivity index (χ2v) is 12.5. The zero-order valence-corrected chi connectivity index (χ0v) is 28.8. The highest BCUT2D eigenvalue weighted by molar-refractivity contribution is 6.30. The summed E-state index contributed by atoms with van der Waals surface area (Å²) < 4.78 is 3.74. The third-order valence-corrected chi connectivity index (χ3v) is 8.30. The molecule has 2 aromatic carbocycles. The average Bonchev–Trinajstić information content (AvgIpc) is 3.80. The first-order valence-electron chi connectivity index (χ1n) is 15.9. The Morgan fingerprint density at radius 1 is 0.627 bits per heavy atom. The molecule has 11 nitrogen and oxygen atoms in total. The van der Waals surface area contributed by atoms with Crippen molar-refractivity contribution in [3.8, 4) is 22.3 Å². The number of fused-ring (bicyclic) bond motifs is 2. The van der Waals surface area contributed by atoms with Crippen LogP contribution < -0.4 is 11.1 Å². The average molecular weight is 714 g/mol. The number of carbonyl (C=O) groups is 1. The molecule has 0 bridgehead atoms. The number of nitrogen functional groups attached to an aromatic ring is 1. The van der Waals surface area contributed by atoms with Gasteiger partial charge in [-0.25, -0.2) is 9.97 Å². The number of rotatable bonds is 7. The summed E-state index contributed by atoms with van der Waals surface area (Å²) in [4.78, 5) is 28.6. The molecule has 0 aliphatic carbocycles. The van der Waals surface area contributed by atoms with Crippen LogP contribution in [0, 0.1) is 0 Å². The number of amides is 1. The maximum Gasteiger partial charge on any atom is 0.221 e. The lowest BCUT2D eigenvalue weighted by Gasteiger charge is -2.05. The molecule has 6 aromatic heterocycles. The fourth-order valence-electron chi connectivity index (χ4n) is 5.37. The number of halogens is 2. The molecule has 1 amide bonds. The SMILES string of the molecule is CC(=O)Nc1ccc(Cn2cc(-c3cnc4ccc(Cl)nc4c3)cn2)cc1.Nc1ccc(Cn2cc(-c3cnc4ccc(Cl)nc4c3)cn2)cc1. The number of hydrogen-bond donors (Lipinski definition) is 2. The van der Waals surface area contributed by atoms with Crippen LogP contribution in [0.15, 0.2) is 122 Å². The molecule has 51 heavy (non-hydrogen) atoms. The summed E-state index contributed by atoms with van der Waals surface area (Å²) in [6, 6.07) is 26.6. The van der Waals surface area contributed by atoms with Crippen LogP contribution in [-0.2, 0) is 17.9 Å². The zero-order valence-electron chi connectivity index (χ0n) is 27.3. The predicted octanol–water partition coefficient (Wildman–Crippen LogP) is 7.93. The van der Waals surface area contributed by atoms with E-state index >= 15 is 0 Å². The number of nitrogens with one attached hydrogen (secondary N) is 1. The van der Waals surface area contributed by atoms with E-state index in [4.69, 9.17) is 28.9 Å². The number of carbonyl (C=O) groups excluding carboxylic acids is 1. The van der Waals surface area contributed by atoms with Gasteiger partial charge in [0.1, 0.15) is 10.3 Å². The molecule has 6 heterocycles. The summed E-state index contributed by atoms with van der Waals surface area (Å²) in [5.41, 5.74) is 16.5. The lowest BCUT2D eigenvalue weighted by atomic mass is 10.1. The summed E-state index contributed by atoms with van der Waals surface area (Å²) >= 11 is 11.9. The van der Waals surface area contributed by atoms with Gasteiger partial charge < -0.3 is 11.1 Å². The molecule has 0 fully saturated rings. The molecule has 0 radical (unpaired) electrons. The number of nitrogens with two attached hydrogens (primary N) is 1. The quantitative estimate of drug-likeness (QED) is 0.125. The number of nitrogens with zero attached hydrogens (tertiary/aromatic N) is 8. The van der Waals surface area contributed by atoms with Gasteiger partial charge in [0.25, 0.3) is 0 Å². The molecule has 0 saturated carbocycles. The molecule has 252 valence electrons. The van der Waals surface area contributed by atoms with Crippen molar-refractivity contribution in [2.75, 3.05) is 11.1 Å². The minimum Gasteiger partial charge on any atom is -0.399 e. The van der Waals surface area contributed by atoms with Crippen LogP contribution >= 0.6 is 23.2 Å². The van der Waals surface area contributed by atoms with Gasteiger partial charge in [-0.15, -0.1) is 0 Å². The van der Waals surface area contributed by atoms with Gasteiger partial charge in [-0.1, -0.05) is 47.5 Å². The third kappa shape index (κ3) is 8.35. The normalized spacial score (nSPS) is 11.0. The Balaban J connectivity index is 0.000000160. The molecule has 3 N–H and O–H groups in total. The standard InChI is InChI=1S/C20H16ClN5O.C18H14ClN5/c1-13(27)24-17-4-2-14(3-5-17)11-26-12-16(10-23-26)15-8-19-18(22-9-15)6-7-20(21)25-19;19-18-6-5-16-17(23-18)7-13(8-21-16)14-9-22-24(11-14)10-12-1-3-15(20)4-2-12/h2-10,12H,11H2,1H3,(H,24,27);1-9,11H,10,20H2. The first kappa shape index (κ1) is 33.3. The molecule has 0 atom stereocenters. The molecule has 0 unspecified atom stereocenters. The van der Waals surface area contributed by atoms with Crippen molar-refractivity contribution < 1.29 is 4.79 Å². The van der Waals surface area contributed by atoms with Crippen LogP contribution in [0.2, 0.25) is 10.3 Å². The molecule has 8 rings (SSSR count). The van der Waals surface area contributed by atoms with Gasteiger partial charge in [-0.05, 0) is 71.8 Å². The largest absolute Gasteiger partial charge is 0.399 e. The van der Waals surface area contributed by atoms with Gasteiger partial charge in [-0.3, -0.25) is 24.1 Å². The Morgan fingerprint density at radius 3 is 1.57 bits per heavy atom. The van der Waals surface area contributed by atoms with Crippen LogP contribution in [-0.4, -0.2) is 45.4 Å². The molecule has 8 aromatic rings. The van der Waals surface area contributed by atoms with Gasteiger partial charge in [0.05, 0.1) is 47.6 Å². The molecule has 0 spiro atoms. The van der Waals surface area contributed by atoms with E-state index in [1.165, 1.54) is 6.92 Å². The van der Waals surface area contributed by atoms with Gasteiger partial charge in [0.2, 0.25) is 5.91 Å². The van der Waals surface area contributed by atoms with Crippen molar-refractivity contribution >= 4 is 62.6 Å². The van der Waals surface area contributed by atoms with Crippen LogP contribution in [0.25, 0.3) is 44.3 Å². The number of benzene rings is 2. The predicted molar refractivity (Wildman–Crippen MR) is 201 cm³/mol. The van der Waals surface area contributed by atoms with E-state index in [0.29, 0.717) is 23.4 Å². The summed E-state index contributed by atoms with van der Waals surface area (Å²) in [7, 11) is 0. The van der Waals surface area contributed by atoms with E-state index in [9.17, 15) is 4.79 Å². The minimum atomic E-state index is -0.0840. The first-order valence-corrected chi connectivity index (χ1v) is 16.6. The van der Waals surface area contributed by atoms with E-state index < -0.39 is 0 Å². The molecular weight excluding hydrogens is 683 g/mol. The van der Waals surface area contributed by atoms with Crippen molar-refractivity contribution in [2.45, 2.75) is 20.0 Å². The lowest BCUT2D eigenvalue weighted by Crippen LogP contribution is -2.06. The third-order valence-electron chi connectivity index (χ3n) is 7.88. The van der Waals surface area contributed by atoms with Crippen LogP contribution in [0.4, 0.5) is 11.4 Å². The zero-order chi connectivity index (χ0) is 35.3. The van der Waals surface area contributed by atoms with Crippen molar-refractivity contribution in [1.29, 1.82) is 0 Å². The summed E-state index contributed by atoms with van der Waals surface area (Å²) in [6.07, 6.45) is 11.2. The number of hydrogen-bond acceptors (Lipinski definition) is 8. The Labute approximate surface area is 302 Å². The fraction of sp³-hybridized carbons (Fsp3) is 0.0789. The highest BCUT2D eigenvalue weighted by Gasteiger charge is 2.08. The van der Waals surface area contributed by atoms with Crippen LogP contribution in [0.1, 0.15) is 18.1 Å². The smallest absolute Gasteiger partial charge is 0.221 e. The van der Waals surface area contributed by atoms with E-state index in [1.807, 2.05) is 113 Å². The number of aromatic nitrogens is 8. The molecule has 0 aliphatic heterocycles. The van der Waals surface area contributed by atoms with Gasteiger partial charge in [0, 0.05) is 65.3 Å². The molecular formula is C38H30Cl2N10O. The summed E-state index contributed by atoms with van der Waals surface area (Å²) in [6.45, 7) is 2.81.